The first-order chi connectivity index (χ1) is 14.6. The van der Waals surface area contributed by atoms with Crippen molar-refractivity contribution in [3.8, 4) is 0 Å². The molecule has 0 atom stereocenters. The van der Waals surface area contributed by atoms with Gasteiger partial charge in [-0.15, -0.1) is 0 Å². The molecule has 4 rings (SSSR count). The summed E-state index contributed by atoms with van der Waals surface area (Å²) in [6.07, 6.45) is 0.961. The van der Waals surface area contributed by atoms with E-state index < -0.39 is 0 Å². The van der Waals surface area contributed by atoms with Gasteiger partial charge >= 0.3 is 0 Å². The molecule has 1 aliphatic rings. The van der Waals surface area contributed by atoms with E-state index in [-0.39, 0.29) is 11.8 Å². The second-order valence-electron chi connectivity index (χ2n) is 7.50. The minimum absolute atomic E-state index is 0.0628. The van der Waals surface area contributed by atoms with E-state index in [0.717, 1.165) is 49.6 Å². The summed E-state index contributed by atoms with van der Waals surface area (Å²) in [5.41, 5.74) is 3.34. The first-order valence-corrected chi connectivity index (χ1v) is 10.2. The molecular formula is C22H26N6O2. The van der Waals surface area contributed by atoms with Crippen molar-refractivity contribution in [1.29, 1.82) is 0 Å². The number of nitrogens with one attached hydrogen (secondary N) is 3. The minimum atomic E-state index is -0.142. The molecule has 156 valence electrons. The van der Waals surface area contributed by atoms with Crippen molar-refractivity contribution in [2.75, 3.05) is 48.3 Å². The predicted molar refractivity (Wildman–Crippen MR) is 119 cm³/mol. The molecule has 8 heteroatoms. The maximum Gasteiger partial charge on any atom is 0.238 e. The second kappa shape index (κ2) is 8.96. The molecule has 1 aliphatic heterocycles. The summed E-state index contributed by atoms with van der Waals surface area (Å²) in [4.78, 5) is 36.2. The molecule has 0 radical (unpaired) electrons. The molecule has 3 N–H and O–H groups in total. The highest BCUT2D eigenvalue weighted by atomic mass is 16.2. The lowest BCUT2D eigenvalue weighted by Crippen LogP contribution is -2.36. The third-order valence-electron chi connectivity index (χ3n) is 5.10. The molecule has 0 bridgehead atoms. The molecule has 1 saturated heterocycles. The maximum atomic E-state index is 12.5. The molecule has 2 amide bonds. The van der Waals surface area contributed by atoms with Crippen LogP contribution in [0.15, 0.2) is 48.5 Å². The van der Waals surface area contributed by atoms with Gasteiger partial charge in [0, 0.05) is 44.5 Å². The number of benzene rings is 2. The van der Waals surface area contributed by atoms with Crippen molar-refractivity contribution in [3.05, 3.63) is 48.5 Å². The van der Waals surface area contributed by atoms with Gasteiger partial charge in [0.05, 0.1) is 17.6 Å². The summed E-state index contributed by atoms with van der Waals surface area (Å²) < 4.78 is 0. The van der Waals surface area contributed by atoms with Crippen LogP contribution in [0.3, 0.4) is 0 Å². The fraction of sp³-hybridized carbons (Fsp3) is 0.318. The number of fused-ring (bicyclic) bond motifs is 1. The number of carbonyl (C=O) groups is 2. The Balaban J connectivity index is 1.32. The largest absolute Gasteiger partial charge is 0.341 e. The molecular weight excluding hydrogens is 380 g/mol. The lowest BCUT2D eigenvalue weighted by atomic mass is 10.2. The number of H-pyrrole nitrogens is 1. The number of imidazole rings is 1. The molecule has 30 heavy (non-hydrogen) atoms. The van der Waals surface area contributed by atoms with Crippen LogP contribution in [0.25, 0.3) is 11.0 Å². The monoisotopic (exact) mass is 406 g/mol. The van der Waals surface area contributed by atoms with Gasteiger partial charge < -0.3 is 20.5 Å². The number of aromatic nitrogens is 2. The molecule has 2 aromatic carbocycles. The van der Waals surface area contributed by atoms with Crippen LogP contribution in [-0.2, 0) is 9.59 Å². The molecule has 0 unspecified atom stereocenters. The Labute approximate surface area is 175 Å². The number of nitrogens with zero attached hydrogens (tertiary/aromatic N) is 3. The topological polar surface area (TPSA) is 93.4 Å². The average molecular weight is 406 g/mol. The van der Waals surface area contributed by atoms with Crippen LogP contribution in [0.5, 0.6) is 0 Å². The summed E-state index contributed by atoms with van der Waals surface area (Å²) in [6, 6.07) is 15.2. The zero-order valence-corrected chi connectivity index (χ0v) is 17.0. The Morgan fingerprint density at radius 2 is 1.80 bits per heavy atom. The Kier molecular flexibility index (Phi) is 5.94. The van der Waals surface area contributed by atoms with E-state index in [4.69, 9.17) is 4.98 Å². The number of carbonyl (C=O) groups excluding carboxylic acids is 2. The molecule has 0 spiro atoms. The van der Waals surface area contributed by atoms with Crippen LogP contribution in [-0.4, -0.2) is 59.4 Å². The number of hydrogen-bond acceptors (Lipinski definition) is 5. The highest BCUT2D eigenvalue weighted by Crippen LogP contribution is 2.19. The lowest BCUT2D eigenvalue weighted by molar-refractivity contribution is -0.117. The van der Waals surface area contributed by atoms with Crippen molar-refractivity contribution < 1.29 is 9.59 Å². The molecule has 0 saturated carbocycles. The number of anilines is 3. The molecule has 3 aromatic rings. The smallest absolute Gasteiger partial charge is 0.238 e. The number of aromatic amines is 1. The normalized spacial score (nSPS) is 15.0. The molecule has 0 aliphatic carbocycles. The van der Waals surface area contributed by atoms with E-state index in [1.165, 1.54) is 6.92 Å². The SMILES string of the molecule is CC(=O)Nc1cccc(NC(=O)CN2CCCN(c3nc4ccccc4[nH]3)CC2)c1. The van der Waals surface area contributed by atoms with Gasteiger partial charge in [0.25, 0.3) is 0 Å². The van der Waals surface area contributed by atoms with Crippen molar-refractivity contribution in [2.45, 2.75) is 13.3 Å². The third-order valence-corrected chi connectivity index (χ3v) is 5.10. The molecule has 2 heterocycles. The second-order valence-corrected chi connectivity index (χ2v) is 7.50. The number of hydrogen-bond donors (Lipinski definition) is 3. The summed E-state index contributed by atoms with van der Waals surface area (Å²) in [5.74, 6) is 0.682. The third kappa shape index (κ3) is 4.96. The van der Waals surface area contributed by atoms with E-state index in [2.05, 4.69) is 25.4 Å². The van der Waals surface area contributed by atoms with Gasteiger partial charge in [0.2, 0.25) is 17.8 Å². The van der Waals surface area contributed by atoms with Gasteiger partial charge in [-0.2, -0.15) is 0 Å². The summed E-state index contributed by atoms with van der Waals surface area (Å²) in [5, 5.41) is 5.64. The van der Waals surface area contributed by atoms with Crippen LogP contribution in [0.4, 0.5) is 17.3 Å². The van der Waals surface area contributed by atoms with Gasteiger partial charge in [-0.05, 0) is 36.8 Å². The van der Waals surface area contributed by atoms with E-state index in [0.29, 0.717) is 17.9 Å². The zero-order valence-electron chi connectivity index (χ0n) is 17.0. The van der Waals surface area contributed by atoms with Gasteiger partial charge in [-0.1, -0.05) is 18.2 Å². The summed E-state index contributed by atoms with van der Waals surface area (Å²) in [7, 11) is 0. The molecule has 8 nitrogen and oxygen atoms in total. The summed E-state index contributed by atoms with van der Waals surface area (Å²) in [6.45, 7) is 5.14. The zero-order chi connectivity index (χ0) is 20.9. The highest BCUT2D eigenvalue weighted by molar-refractivity contribution is 5.94. The van der Waals surface area contributed by atoms with Crippen LogP contribution in [0.1, 0.15) is 13.3 Å². The first-order valence-electron chi connectivity index (χ1n) is 10.2. The van der Waals surface area contributed by atoms with E-state index in [1.54, 1.807) is 18.2 Å². The Morgan fingerprint density at radius 1 is 1.00 bits per heavy atom. The maximum absolute atomic E-state index is 12.5. The highest BCUT2D eigenvalue weighted by Gasteiger charge is 2.19. The van der Waals surface area contributed by atoms with E-state index in [1.807, 2.05) is 30.3 Å². The Morgan fingerprint density at radius 3 is 2.60 bits per heavy atom. The fourth-order valence-corrected chi connectivity index (χ4v) is 3.71. The van der Waals surface area contributed by atoms with Gasteiger partial charge in [-0.3, -0.25) is 14.5 Å². The van der Waals surface area contributed by atoms with Crippen molar-refractivity contribution in [3.63, 3.8) is 0 Å². The lowest BCUT2D eigenvalue weighted by Gasteiger charge is -2.21. The van der Waals surface area contributed by atoms with Gasteiger partial charge in [-0.25, -0.2) is 4.98 Å². The van der Waals surface area contributed by atoms with Crippen LogP contribution < -0.4 is 15.5 Å². The fourth-order valence-electron chi connectivity index (χ4n) is 3.71. The minimum Gasteiger partial charge on any atom is -0.341 e. The van der Waals surface area contributed by atoms with E-state index >= 15 is 0 Å². The molecule has 1 fully saturated rings. The average Bonchev–Trinajstić information content (AvgIpc) is 3.00. The standard InChI is InChI=1S/C22H26N6O2/c1-16(29)23-17-6-4-7-18(14-17)24-21(30)15-27-10-5-11-28(13-12-27)22-25-19-8-2-3-9-20(19)26-22/h2-4,6-9,14H,5,10-13,15H2,1H3,(H,23,29)(H,24,30)(H,25,26). The van der Waals surface area contributed by atoms with Crippen LogP contribution in [0.2, 0.25) is 0 Å². The predicted octanol–water partition coefficient (Wildman–Crippen LogP) is 2.67. The van der Waals surface area contributed by atoms with Crippen molar-refractivity contribution in [1.82, 2.24) is 14.9 Å². The number of amides is 2. The van der Waals surface area contributed by atoms with Crippen molar-refractivity contribution >= 4 is 40.2 Å². The molecule has 1 aromatic heterocycles. The van der Waals surface area contributed by atoms with Crippen molar-refractivity contribution in [2.24, 2.45) is 0 Å². The number of para-hydroxylation sites is 2. The van der Waals surface area contributed by atoms with Crippen LogP contribution >= 0.6 is 0 Å². The van der Waals surface area contributed by atoms with Gasteiger partial charge in [0.1, 0.15) is 0 Å². The van der Waals surface area contributed by atoms with Crippen LogP contribution in [0, 0.1) is 0 Å². The summed E-state index contributed by atoms with van der Waals surface area (Å²) >= 11 is 0. The number of rotatable bonds is 5. The van der Waals surface area contributed by atoms with Gasteiger partial charge in [0.15, 0.2) is 0 Å². The first kappa shape index (κ1) is 19.9. The Hall–Kier alpha value is -3.39. The Bertz CT molecular complexity index is 1010. The quantitative estimate of drug-likeness (QED) is 0.606. The van der Waals surface area contributed by atoms with E-state index in [9.17, 15) is 9.59 Å².